The van der Waals surface area contributed by atoms with E-state index in [1.54, 1.807) is 12.1 Å². The molecule has 25 heavy (non-hydrogen) atoms. The van der Waals surface area contributed by atoms with Crippen LogP contribution in [0.3, 0.4) is 0 Å². The van der Waals surface area contributed by atoms with Crippen molar-refractivity contribution in [2.24, 2.45) is 5.10 Å². The zero-order valence-electron chi connectivity index (χ0n) is 12.9. The van der Waals surface area contributed by atoms with Gasteiger partial charge in [0.2, 0.25) is 0 Å². The highest BCUT2D eigenvalue weighted by molar-refractivity contribution is 5.84. The minimum absolute atomic E-state index is 0.0371. The highest BCUT2D eigenvalue weighted by Crippen LogP contribution is 2.14. The molecule has 11 heteroatoms. The van der Waals surface area contributed by atoms with Gasteiger partial charge in [-0.3, -0.25) is 20.3 Å². The molecule has 3 N–H and O–H groups in total. The number of carboxylic acid groups (broad SMARTS) is 1. The van der Waals surface area contributed by atoms with Gasteiger partial charge in [0.15, 0.2) is 11.5 Å². The second-order valence-corrected chi connectivity index (χ2v) is 4.56. The van der Waals surface area contributed by atoms with Gasteiger partial charge < -0.3 is 10.1 Å². The van der Waals surface area contributed by atoms with Gasteiger partial charge in [0, 0.05) is 19.1 Å². The number of nitrogens with zero attached hydrogens (tertiary/aromatic N) is 5. The molecule has 0 bridgehead atoms. The number of hydrogen-bond acceptors (Lipinski definition) is 8. The van der Waals surface area contributed by atoms with Crippen molar-refractivity contribution in [3.05, 3.63) is 52.6 Å². The first kappa shape index (κ1) is 17.5. The number of aromatic amines is 1. The summed E-state index contributed by atoms with van der Waals surface area (Å²) >= 11 is 0. The predicted octanol–water partition coefficient (Wildman–Crippen LogP) is 1.80. The number of rotatable bonds is 4. The minimum Gasteiger partial charge on any atom is -0.481 e. The van der Waals surface area contributed by atoms with Gasteiger partial charge >= 0.3 is 0 Å². The lowest BCUT2D eigenvalue weighted by molar-refractivity contribution is -0.384. The van der Waals surface area contributed by atoms with Crippen LogP contribution < -0.4 is 5.43 Å². The first-order valence-corrected chi connectivity index (χ1v) is 6.84. The lowest BCUT2D eigenvalue weighted by Crippen LogP contribution is -1.96. The van der Waals surface area contributed by atoms with Crippen molar-refractivity contribution in [3.8, 4) is 0 Å². The van der Waals surface area contributed by atoms with Crippen molar-refractivity contribution in [3.63, 3.8) is 0 Å². The van der Waals surface area contributed by atoms with Crippen molar-refractivity contribution >= 4 is 34.9 Å². The van der Waals surface area contributed by atoms with Crippen LogP contribution in [0.25, 0.3) is 11.2 Å². The lowest BCUT2D eigenvalue weighted by atomic mass is 10.2. The van der Waals surface area contributed by atoms with Gasteiger partial charge in [-0.05, 0) is 17.7 Å². The molecule has 0 aliphatic rings. The van der Waals surface area contributed by atoms with Crippen molar-refractivity contribution in [1.82, 2.24) is 19.9 Å². The molecule has 11 nitrogen and oxygen atoms in total. The molecule has 128 valence electrons. The number of hydrazone groups is 1. The Kier molecular flexibility index (Phi) is 5.66. The monoisotopic (exact) mass is 343 g/mol. The quantitative estimate of drug-likeness (QED) is 0.367. The number of aliphatic carboxylic acids is 1. The van der Waals surface area contributed by atoms with E-state index >= 15 is 0 Å². The second-order valence-electron chi connectivity index (χ2n) is 4.56. The Morgan fingerprint density at radius 1 is 1.32 bits per heavy atom. The zero-order valence-corrected chi connectivity index (χ0v) is 12.9. The van der Waals surface area contributed by atoms with Crippen molar-refractivity contribution in [2.75, 3.05) is 5.43 Å². The van der Waals surface area contributed by atoms with Crippen LogP contribution in [-0.4, -0.2) is 42.1 Å². The Morgan fingerprint density at radius 2 is 2.00 bits per heavy atom. The molecule has 0 radical (unpaired) electrons. The number of H-pyrrole nitrogens is 1. The normalized spacial score (nSPS) is 10.3. The number of aromatic nitrogens is 4. The third-order valence-electron chi connectivity index (χ3n) is 2.71. The van der Waals surface area contributed by atoms with E-state index in [-0.39, 0.29) is 5.69 Å². The van der Waals surface area contributed by atoms with Crippen LogP contribution in [0.5, 0.6) is 0 Å². The van der Waals surface area contributed by atoms with E-state index in [2.05, 4.69) is 30.5 Å². The van der Waals surface area contributed by atoms with E-state index in [1.165, 1.54) is 31.0 Å². The molecule has 0 fully saturated rings. The van der Waals surface area contributed by atoms with Gasteiger partial charge in [0.1, 0.15) is 11.8 Å². The first-order valence-electron chi connectivity index (χ1n) is 6.84. The number of nitrogens with one attached hydrogen (secondary N) is 2. The summed E-state index contributed by atoms with van der Waals surface area (Å²) in [5.74, 6) is -0.337. The Bertz CT molecular complexity index is 901. The molecule has 0 unspecified atom stereocenters. The molecule has 1 aromatic carbocycles. The minimum atomic E-state index is -0.833. The number of anilines is 1. The maximum Gasteiger partial charge on any atom is 0.300 e. The molecule has 0 amide bonds. The Hall–Kier alpha value is -3.89. The van der Waals surface area contributed by atoms with Crippen molar-refractivity contribution in [1.29, 1.82) is 0 Å². The average Bonchev–Trinajstić information content (AvgIpc) is 3.04. The summed E-state index contributed by atoms with van der Waals surface area (Å²) in [6, 6.07) is 6.04. The highest BCUT2D eigenvalue weighted by atomic mass is 16.6. The van der Waals surface area contributed by atoms with Gasteiger partial charge in [-0.2, -0.15) is 5.10 Å². The van der Waals surface area contributed by atoms with Gasteiger partial charge in [0.05, 0.1) is 17.5 Å². The van der Waals surface area contributed by atoms with E-state index in [9.17, 15) is 10.1 Å². The molecule has 0 aliphatic carbocycles. The van der Waals surface area contributed by atoms with Gasteiger partial charge in [0.25, 0.3) is 11.7 Å². The maximum absolute atomic E-state index is 10.5. The number of benzene rings is 1. The van der Waals surface area contributed by atoms with E-state index in [0.717, 1.165) is 12.5 Å². The third-order valence-corrected chi connectivity index (χ3v) is 2.71. The Balaban J connectivity index is 0.000000511. The number of nitro groups is 1. The highest BCUT2D eigenvalue weighted by Gasteiger charge is 2.04. The molecule has 2 heterocycles. The van der Waals surface area contributed by atoms with Crippen LogP contribution in [0.1, 0.15) is 12.5 Å². The van der Waals surface area contributed by atoms with Crippen molar-refractivity contribution in [2.45, 2.75) is 6.92 Å². The average molecular weight is 343 g/mol. The third kappa shape index (κ3) is 5.06. The van der Waals surface area contributed by atoms with Crippen LogP contribution in [0.2, 0.25) is 0 Å². The van der Waals surface area contributed by atoms with E-state index < -0.39 is 10.9 Å². The topological polar surface area (TPSA) is 159 Å². The van der Waals surface area contributed by atoms with Crippen LogP contribution in [0.4, 0.5) is 11.5 Å². The van der Waals surface area contributed by atoms with Crippen molar-refractivity contribution < 1.29 is 14.8 Å². The SMILES string of the molecule is CC(=O)O.O=[N+]([O-])c1ccc(/C=N/Nc2ncnc3nc[nH]c23)cc1. The van der Waals surface area contributed by atoms with Gasteiger partial charge in [-0.15, -0.1) is 0 Å². The number of imidazole rings is 1. The Morgan fingerprint density at radius 3 is 2.64 bits per heavy atom. The molecular formula is C14H13N7O4. The molecule has 2 aromatic heterocycles. The second kappa shape index (κ2) is 8.10. The number of carboxylic acids is 1. The smallest absolute Gasteiger partial charge is 0.300 e. The summed E-state index contributed by atoms with van der Waals surface area (Å²) < 4.78 is 0. The van der Waals surface area contributed by atoms with E-state index in [1.807, 2.05) is 0 Å². The largest absolute Gasteiger partial charge is 0.481 e. The molecule has 0 aliphatic heterocycles. The molecule has 0 saturated heterocycles. The summed E-state index contributed by atoms with van der Waals surface area (Å²) in [4.78, 5) is 34.1. The molecule has 0 atom stereocenters. The lowest BCUT2D eigenvalue weighted by Gasteiger charge is -1.99. The molecule has 0 saturated carbocycles. The molecular weight excluding hydrogens is 330 g/mol. The summed E-state index contributed by atoms with van der Waals surface area (Å²) in [6.45, 7) is 1.08. The summed E-state index contributed by atoms with van der Waals surface area (Å²) in [7, 11) is 0. The number of non-ortho nitro benzene ring substituents is 1. The summed E-state index contributed by atoms with van der Waals surface area (Å²) in [6.07, 6.45) is 4.44. The number of hydrogen-bond donors (Lipinski definition) is 3. The number of carbonyl (C=O) groups is 1. The standard InChI is InChI=1S/C12H9N7O2.C2H4O2/c20-19(21)9-3-1-8(2-4-9)5-17-18-12-10-11(14-6-13-10)15-7-16-12;1-2(3)4/h1-7H,(H2,13,14,15,16,18);1H3,(H,3,4)/b17-5+;. The van der Waals surface area contributed by atoms with Gasteiger partial charge in [-0.25, -0.2) is 15.0 Å². The number of fused-ring (bicyclic) bond motifs is 1. The Labute approximate surface area is 140 Å². The number of nitro benzene ring substituents is 1. The zero-order chi connectivity index (χ0) is 18.2. The molecule has 3 rings (SSSR count). The van der Waals surface area contributed by atoms with Gasteiger partial charge in [-0.1, -0.05) is 0 Å². The fourth-order valence-electron chi connectivity index (χ4n) is 1.70. The van der Waals surface area contributed by atoms with E-state index in [4.69, 9.17) is 9.90 Å². The maximum atomic E-state index is 10.5. The summed E-state index contributed by atoms with van der Waals surface area (Å²) in [5.41, 5.74) is 4.73. The fraction of sp³-hybridized carbons (Fsp3) is 0.0714. The first-order chi connectivity index (χ1) is 12.0. The fourth-order valence-corrected chi connectivity index (χ4v) is 1.70. The van der Waals surface area contributed by atoms with Crippen LogP contribution in [0.15, 0.2) is 42.0 Å². The predicted molar refractivity (Wildman–Crippen MR) is 89.3 cm³/mol. The van der Waals surface area contributed by atoms with E-state index in [0.29, 0.717) is 17.0 Å². The summed E-state index contributed by atoms with van der Waals surface area (Å²) in [5, 5.41) is 22.0. The van der Waals surface area contributed by atoms with Crippen LogP contribution in [0, 0.1) is 10.1 Å². The molecule has 3 aromatic rings. The van der Waals surface area contributed by atoms with Crippen LogP contribution >= 0.6 is 0 Å². The van der Waals surface area contributed by atoms with Crippen LogP contribution in [-0.2, 0) is 4.79 Å². The molecule has 0 spiro atoms.